The number of amides is 1. The number of nitrogens with zero attached hydrogens (tertiary/aromatic N) is 2. The lowest BCUT2D eigenvalue weighted by Crippen LogP contribution is -2.24. The zero-order valence-corrected chi connectivity index (χ0v) is 17.4. The molecule has 3 aromatic carbocycles. The van der Waals surface area contributed by atoms with Crippen molar-refractivity contribution in [2.24, 2.45) is 0 Å². The van der Waals surface area contributed by atoms with E-state index in [1.165, 1.54) is 23.9 Å². The van der Waals surface area contributed by atoms with Gasteiger partial charge in [0.2, 0.25) is 5.91 Å². The van der Waals surface area contributed by atoms with Gasteiger partial charge >= 0.3 is 0 Å². The number of hydrogen-bond acceptors (Lipinski definition) is 4. The summed E-state index contributed by atoms with van der Waals surface area (Å²) < 4.78 is 13.3. The monoisotopic (exact) mass is 437 g/mol. The lowest BCUT2D eigenvalue weighted by Gasteiger charge is -2.09. The van der Waals surface area contributed by atoms with Crippen LogP contribution in [0.2, 0.25) is 5.02 Å². The van der Waals surface area contributed by atoms with E-state index in [0.717, 1.165) is 21.9 Å². The number of aromatic nitrogens is 2. The fraction of sp³-hybridized carbons (Fsp3) is 0.0870. The molecule has 4 aromatic rings. The van der Waals surface area contributed by atoms with Gasteiger partial charge < -0.3 is 5.32 Å². The van der Waals surface area contributed by atoms with Crippen molar-refractivity contribution in [3.63, 3.8) is 0 Å². The van der Waals surface area contributed by atoms with Crippen LogP contribution in [-0.2, 0) is 11.3 Å². The maximum atomic E-state index is 13.3. The molecule has 0 spiro atoms. The molecule has 30 heavy (non-hydrogen) atoms. The van der Waals surface area contributed by atoms with Crippen LogP contribution in [0.4, 0.5) is 4.39 Å². The van der Waals surface area contributed by atoms with E-state index >= 15 is 0 Å². The molecule has 4 rings (SSSR count). The van der Waals surface area contributed by atoms with E-state index in [0.29, 0.717) is 22.3 Å². The molecule has 150 valence electrons. The Labute approximate surface area is 182 Å². The minimum Gasteiger partial charge on any atom is -0.351 e. The molecule has 0 fully saturated rings. The van der Waals surface area contributed by atoms with Gasteiger partial charge in [-0.1, -0.05) is 59.8 Å². The highest BCUT2D eigenvalue weighted by atomic mass is 35.5. The van der Waals surface area contributed by atoms with Crippen LogP contribution >= 0.6 is 23.4 Å². The largest absolute Gasteiger partial charge is 0.351 e. The molecule has 1 N–H and O–H groups in total. The van der Waals surface area contributed by atoms with Gasteiger partial charge in [-0.05, 0) is 42.0 Å². The third-order valence-corrected chi connectivity index (χ3v) is 5.75. The van der Waals surface area contributed by atoms with Crippen molar-refractivity contribution in [3.05, 3.63) is 89.2 Å². The normalized spacial score (nSPS) is 10.9. The Hall–Kier alpha value is -2.96. The van der Waals surface area contributed by atoms with Crippen molar-refractivity contribution in [1.29, 1.82) is 0 Å². The summed E-state index contributed by atoms with van der Waals surface area (Å²) in [6.07, 6.45) is 0. The Morgan fingerprint density at radius 2 is 1.63 bits per heavy atom. The number of fused-ring (bicyclic) bond motifs is 1. The van der Waals surface area contributed by atoms with Crippen LogP contribution in [0.15, 0.2) is 77.8 Å². The van der Waals surface area contributed by atoms with Crippen LogP contribution in [0.3, 0.4) is 0 Å². The van der Waals surface area contributed by atoms with E-state index in [-0.39, 0.29) is 17.5 Å². The summed E-state index contributed by atoms with van der Waals surface area (Å²) in [5.74, 6) is -0.168. The fourth-order valence-corrected chi connectivity index (χ4v) is 3.92. The predicted molar refractivity (Wildman–Crippen MR) is 119 cm³/mol. The van der Waals surface area contributed by atoms with Crippen LogP contribution in [0.1, 0.15) is 5.56 Å². The minimum absolute atomic E-state index is 0.0940. The summed E-state index contributed by atoms with van der Waals surface area (Å²) >= 11 is 7.21. The molecule has 1 heterocycles. The van der Waals surface area contributed by atoms with E-state index < -0.39 is 0 Å². The van der Waals surface area contributed by atoms with Crippen LogP contribution in [0.25, 0.3) is 22.0 Å². The summed E-state index contributed by atoms with van der Waals surface area (Å²) in [5.41, 5.74) is 2.45. The maximum Gasteiger partial charge on any atom is 0.230 e. The van der Waals surface area contributed by atoms with Gasteiger partial charge in [-0.3, -0.25) is 4.79 Å². The van der Waals surface area contributed by atoms with E-state index in [2.05, 4.69) is 15.5 Å². The molecule has 0 atom stereocenters. The van der Waals surface area contributed by atoms with Crippen molar-refractivity contribution in [2.75, 3.05) is 5.75 Å². The maximum absolute atomic E-state index is 13.3. The lowest BCUT2D eigenvalue weighted by molar-refractivity contribution is -0.118. The molecule has 1 aromatic heterocycles. The van der Waals surface area contributed by atoms with Crippen LogP contribution in [0.5, 0.6) is 0 Å². The van der Waals surface area contributed by atoms with E-state index in [4.69, 9.17) is 11.6 Å². The number of thioether (sulfide) groups is 1. The minimum atomic E-state index is -0.298. The number of carbonyl (C=O) groups excluding carboxylic acids is 1. The SMILES string of the molecule is O=C(CSc1nnc(-c2ccc(F)cc2)c2ccccc12)NCc1ccc(Cl)cc1. The molecule has 7 heteroatoms. The quantitative estimate of drug-likeness (QED) is 0.405. The first-order chi connectivity index (χ1) is 14.6. The van der Waals surface area contributed by atoms with Gasteiger partial charge in [-0.15, -0.1) is 10.2 Å². The smallest absolute Gasteiger partial charge is 0.230 e. The van der Waals surface area contributed by atoms with Crippen molar-refractivity contribution in [2.45, 2.75) is 11.6 Å². The first-order valence-corrected chi connectivity index (χ1v) is 10.6. The van der Waals surface area contributed by atoms with Crippen molar-refractivity contribution >= 4 is 40.0 Å². The van der Waals surface area contributed by atoms with E-state index in [9.17, 15) is 9.18 Å². The van der Waals surface area contributed by atoms with Gasteiger partial charge in [0.15, 0.2) is 0 Å². The van der Waals surface area contributed by atoms with Gasteiger partial charge in [0.05, 0.1) is 5.75 Å². The summed E-state index contributed by atoms with van der Waals surface area (Å²) in [6.45, 7) is 0.437. The van der Waals surface area contributed by atoms with Crippen LogP contribution in [0, 0.1) is 5.82 Å². The summed E-state index contributed by atoms with van der Waals surface area (Å²) in [6, 6.07) is 21.3. The molecule has 0 saturated carbocycles. The molecule has 0 unspecified atom stereocenters. The highest BCUT2D eigenvalue weighted by Crippen LogP contribution is 2.31. The second kappa shape index (κ2) is 9.24. The summed E-state index contributed by atoms with van der Waals surface area (Å²) in [4.78, 5) is 12.3. The van der Waals surface area contributed by atoms with Crippen molar-refractivity contribution in [1.82, 2.24) is 15.5 Å². The summed E-state index contributed by atoms with van der Waals surface area (Å²) in [7, 11) is 0. The van der Waals surface area contributed by atoms with Gasteiger partial charge in [0.25, 0.3) is 0 Å². The molecule has 4 nitrogen and oxygen atoms in total. The number of halogens is 2. The van der Waals surface area contributed by atoms with E-state index in [1.54, 1.807) is 24.3 Å². The van der Waals surface area contributed by atoms with Gasteiger partial charge in [-0.2, -0.15) is 0 Å². The first-order valence-electron chi connectivity index (χ1n) is 9.25. The molecule has 1 amide bonds. The van der Waals surface area contributed by atoms with Crippen molar-refractivity contribution < 1.29 is 9.18 Å². The average molecular weight is 438 g/mol. The lowest BCUT2D eigenvalue weighted by atomic mass is 10.1. The molecule has 0 aliphatic carbocycles. The van der Waals surface area contributed by atoms with E-state index in [1.807, 2.05) is 36.4 Å². The zero-order chi connectivity index (χ0) is 20.9. The van der Waals surface area contributed by atoms with Crippen molar-refractivity contribution in [3.8, 4) is 11.3 Å². The molecule has 0 aliphatic rings. The number of rotatable bonds is 6. The molecule has 0 saturated heterocycles. The molecule has 0 bridgehead atoms. The number of benzene rings is 3. The molecule has 0 radical (unpaired) electrons. The van der Waals surface area contributed by atoms with Gasteiger partial charge in [0.1, 0.15) is 16.5 Å². The molecular weight excluding hydrogens is 421 g/mol. The number of nitrogens with one attached hydrogen (secondary N) is 1. The standard InChI is InChI=1S/C23H17ClFN3OS/c24-17-9-5-15(6-10-17)13-26-21(29)14-30-23-20-4-2-1-3-19(20)22(27-28-23)16-7-11-18(25)12-8-16/h1-12H,13-14H2,(H,26,29). The van der Waals surface area contributed by atoms with Gasteiger partial charge in [0, 0.05) is 27.9 Å². The fourth-order valence-electron chi connectivity index (χ4n) is 2.99. The Balaban J connectivity index is 1.48. The third-order valence-electron chi connectivity index (χ3n) is 4.51. The Morgan fingerprint density at radius 3 is 2.37 bits per heavy atom. The Bertz CT molecular complexity index is 1180. The first kappa shape index (κ1) is 20.3. The highest BCUT2D eigenvalue weighted by molar-refractivity contribution is 8.00. The zero-order valence-electron chi connectivity index (χ0n) is 15.8. The van der Waals surface area contributed by atoms with Gasteiger partial charge in [-0.25, -0.2) is 4.39 Å². The topological polar surface area (TPSA) is 54.9 Å². The second-order valence-electron chi connectivity index (χ2n) is 6.60. The summed E-state index contributed by atoms with van der Waals surface area (Å²) in [5, 5.41) is 14.7. The van der Waals surface area contributed by atoms with Crippen LogP contribution in [-0.4, -0.2) is 21.9 Å². The predicted octanol–water partition coefficient (Wildman–Crippen LogP) is 5.50. The molecular formula is C23H17ClFN3OS. The number of hydrogen-bond donors (Lipinski definition) is 1. The highest BCUT2D eigenvalue weighted by Gasteiger charge is 2.13. The third kappa shape index (κ3) is 4.78. The Morgan fingerprint density at radius 1 is 0.933 bits per heavy atom. The number of carbonyl (C=O) groups is 1. The van der Waals surface area contributed by atoms with Crippen LogP contribution < -0.4 is 5.32 Å². The average Bonchev–Trinajstić information content (AvgIpc) is 2.78. The molecule has 0 aliphatic heterocycles. The second-order valence-corrected chi connectivity index (χ2v) is 8.00. The Kier molecular flexibility index (Phi) is 6.26.